The fourth-order valence-electron chi connectivity index (χ4n) is 2.71. The Morgan fingerprint density at radius 1 is 1.10 bits per heavy atom. The molecule has 0 spiro atoms. The highest BCUT2D eigenvalue weighted by Gasteiger charge is 2.08. The SMILES string of the molecule is O=C(CSc1nc2ccccc2o1)N/N=C/c1ccccc1OCc1ccc(Cl)cc1. The maximum atomic E-state index is 12.1. The van der Waals surface area contributed by atoms with E-state index in [1.807, 2.05) is 72.8 Å². The number of amides is 1. The van der Waals surface area contributed by atoms with Gasteiger partial charge < -0.3 is 9.15 Å². The zero-order valence-corrected chi connectivity index (χ0v) is 17.9. The number of nitrogens with zero attached hydrogens (tertiary/aromatic N) is 2. The molecule has 0 fully saturated rings. The number of thioether (sulfide) groups is 1. The van der Waals surface area contributed by atoms with E-state index in [0.717, 1.165) is 16.6 Å². The van der Waals surface area contributed by atoms with Crippen molar-refractivity contribution in [3.8, 4) is 5.75 Å². The van der Waals surface area contributed by atoms with E-state index in [0.29, 0.717) is 28.2 Å². The molecule has 0 aliphatic heterocycles. The molecule has 0 saturated carbocycles. The van der Waals surface area contributed by atoms with Gasteiger partial charge >= 0.3 is 0 Å². The highest BCUT2D eigenvalue weighted by molar-refractivity contribution is 7.99. The Morgan fingerprint density at radius 2 is 1.87 bits per heavy atom. The minimum atomic E-state index is -0.261. The molecule has 156 valence electrons. The largest absolute Gasteiger partial charge is 0.488 e. The molecule has 8 heteroatoms. The van der Waals surface area contributed by atoms with E-state index in [1.165, 1.54) is 11.8 Å². The number of nitrogens with one attached hydrogen (secondary N) is 1. The van der Waals surface area contributed by atoms with Gasteiger partial charge in [-0.05, 0) is 42.0 Å². The van der Waals surface area contributed by atoms with Crippen LogP contribution >= 0.6 is 23.4 Å². The fourth-order valence-corrected chi connectivity index (χ4v) is 3.46. The normalized spacial score (nSPS) is 11.1. The van der Waals surface area contributed by atoms with Gasteiger partial charge in [0, 0.05) is 10.6 Å². The fraction of sp³-hybridized carbons (Fsp3) is 0.0870. The molecule has 0 bridgehead atoms. The number of rotatable bonds is 8. The Hall–Kier alpha value is -3.29. The third-order valence-electron chi connectivity index (χ3n) is 4.22. The van der Waals surface area contributed by atoms with Crippen LogP contribution in [0, 0.1) is 0 Å². The summed E-state index contributed by atoms with van der Waals surface area (Å²) in [6.07, 6.45) is 1.55. The molecule has 1 N–H and O–H groups in total. The molecule has 0 aliphatic carbocycles. The van der Waals surface area contributed by atoms with E-state index in [1.54, 1.807) is 6.21 Å². The van der Waals surface area contributed by atoms with Crippen molar-refractivity contribution in [3.05, 3.63) is 88.9 Å². The molecule has 1 amide bonds. The molecule has 0 radical (unpaired) electrons. The molecule has 1 aromatic heterocycles. The summed E-state index contributed by atoms with van der Waals surface area (Å²) in [6.45, 7) is 0.398. The van der Waals surface area contributed by atoms with E-state index in [-0.39, 0.29) is 11.7 Å². The summed E-state index contributed by atoms with van der Waals surface area (Å²) in [6, 6.07) is 22.4. The molecule has 4 aromatic rings. The predicted octanol–water partition coefficient (Wildman–Crippen LogP) is 5.30. The lowest BCUT2D eigenvalue weighted by molar-refractivity contribution is -0.118. The van der Waals surface area contributed by atoms with Crippen molar-refractivity contribution in [1.82, 2.24) is 10.4 Å². The van der Waals surface area contributed by atoms with Gasteiger partial charge in [-0.3, -0.25) is 4.79 Å². The van der Waals surface area contributed by atoms with Crippen LogP contribution in [0.25, 0.3) is 11.1 Å². The number of hydrazone groups is 1. The smallest absolute Gasteiger partial charge is 0.257 e. The number of benzene rings is 3. The molecule has 3 aromatic carbocycles. The molecule has 0 saturated heterocycles. The highest BCUT2D eigenvalue weighted by atomic mass is 35.5. The van der Waals surface area contributed by atoms with Crippen LogP contribution in [0.2, 0.25) is 5.02 Å². The Kier molecular flexibility index (Phi) is 6.86. The van der Waals surface area contributed by atoms with Crippen LogP contribution in [0.3, 0.4) is 0 Å². The van der Waals surface area contributed by atoms with Crippen LogP contribution in [-0.2, 0) is 11.4 Å². The van der Waals surface area contributed by atoms with Gasteiger partial charge in [-0.2, -0.15) is 5.10 Å². The maximum absolute atomic E-state index is 12.1. The number of aromatic nitrogens is 1. The maximum Gasteiger partial charge on any atom is 0.257 e. The molecule has 31 heavy (non-hydrogen) atoms. The first-order chi connectivity index (χ1) is 15.2. The third kappa shape index (κ3) is 5.87. The Bertz CT molecular complexity index is 1180. The van der Waals surface area contributed by atoms with E-state index < -0.39 is 0 Å². The van der Waals surface area contributed by atoms with Gasteiger partial charge in [0.05, 0.1) is 12.0 Å². The molecular weight excluding hydrogens is 434 g/mol. The van der Waals surface area contributed by atoms with Gasteiger partial charge in [0.15, 0.2) is 5.58 Å². The van der Waals surface area contributed by atoms with Gasteiger partial charge in [0.2, 0.25) is 0 Å². The number of hydrogen-bond acceptors (Lipinski definition) is 6. The number of hydrogen-bond donors (Lipinski definition) is 1. The van der Waals surface area contributed by atoms with Crippen molar-refractivity contribution < 1.29 is 13.9 Å². The Balaban J connectivity index is 1.29. The Morgan fingerprint density at radius 3 is 2.71 bits per heavy atom. The zero-order chi connectivity index (χ0) is 21.5. The van der Waals surface area contributed by atoms with Crippen molar-refractivity contribution in [1.29, 1.82) is 0 Å². The minimum absolute atomic E-state index is 0.138. The first kappa shape index (κ1) is 21.0. The molecule has 6 nitrogen and oxygen atoms in total. The third-order valence-corrected chi connectivity index (χ3v) is 5.30. The lowest BCUT2D eigenvalue weighted by Gasteiger charge is -2.09. The number of carbonyl (C=O) groups is 1. The molecule has 0 aliphatic rings. The van der Waals surface area contributed by atoms with Crippen molar-refractivity contribution in [2.75, 3.05) is 5.75 Å². The first-order valence-electron chi connectivity index (χ1n) is 9.44. The second-order valence-electron chi connectivity index (χ2n) is 6.48. The number of oxazole rings is 1. The van der Waals surface area contributed by atoms with Crippen LogP contribution in [0.5, 0.6) is 5.75 Å². The lowest BCUT2D eigenvalue weighted by Crippen LogP contribution is -2.19. The first-order valence-corrected chi connectivity index (χ1v) is 10.8. The zero-order valence-electron chi connectivity index (χ0n) is 16.3. The van der Waals surface area contributed by atoms with Crippen molar-refractivity contribution in [2.24, 2.45) is 5.10 Å². The van der Waals surface area contributed by atoms with Crippen molar-refractivity contribution in [2.45, 2.75) is 11.8 Å². The summed E-state index contributed by atoms with van der Waals surface area (Å²) in [4.78, 5) is 16.4. The van der Waals surface area contributed by atoms with Crippen LogP contribution in [0.1, 0.15) is 11.1 Å². The average Bonchev–Trinajstić information content (AvgIpc) is 3.21. The van der Waals surface area contributed by atoms with E-state index in [9.17, 15) is 4.79 Å². The van der Waals surface area contributed by atoms with Crippen molar-refractivity contribution in [3.63, 3.8) is 0 Å². The number of para-hydroxylation sites is 3. The molecule has 0 atom stereocenters. The minimum Gasteiger partial charge on any atom is -0.488 e. The molecule has 1 heterocycles. The number of carbonyl (C=O) groups excluding carboxylic acids is 1. The molecule has 0 unspecified atom stereocenters. The van der Waals surface area contributed by atoms with Gasteiger partial charge in [-0.25, -0.2) is 10.4 Å². The highest BCUT2D eigenvalue weighted by Crippen LogP contribution is 2.23. The number of halogens is 1. The van der Waals surface area contributed by atoms with E-state index >= 15 is 0 Å². The summed E-state index contributed by atoms with van der Waals surface area (Å²) in [5, 5.41) is 5.16. The Labute approximate surface area is 188 Å². The quantitative estimate of drug-likeness (QED) is 0.223. The summed E-state index contributed by atoms with van der Waals surface area (Å²) < 4.78 is 11.5. The topological polar surface area (TPSA) is 76.7 Å². The summed E-state index contributed by atoms with van der Waals surface area (Å²) in [7, 11) is 0. The van der Waals surface area contributed by atoms with Gasteiger partial charge in [0.1, 0.15) is 17.9 Å². The summed E-state index contributed by atoms with van der Waals surface area (Å²) in [5.74, 6) is 0.540. The molecular formula is C23H18ClN3O3S. The number of ether oxygens (including phenoxy) is 1. The van der Waals surface area contributed by atoms with E-state index in [2.05, 4.69) is 15.5 Å². The van der Waals surface area contributed by atoms with Gasteiger partial charge in [-0.1, -0.05) is 59.8 Å². The van der Waals surface area contributed by atoms with Gasteiger partial charge in [0.25, 0.3) is 11.1 Å². The van der Waals surface area contributed by atoms with Gasteiger partial charge in [-0.15, -0.1) is 0 Å². The van der Waals surface area contributed by atoms with Crippen LogP contribution in [0.15, 0.2) is 87.5 Å². The van der Waals surface area contributed by atoms with Crippen LogP contribution in [0.4, 0.5) is 0 Å². The number of fused-ring (bicyclic) bond motifs is 1. The van der Waals surface area contributed by atoms with Crippen LogP contribution in [-0.4, -0.2) is 22.9 Å². The van der Waals surface area contributed by atoms with Crippen LogP contribution < -0.4 is 10.2 Å². The summed E-state index contributed by atoms with van der Waals surface area (Å²) >= 11 is 7.12. The second-order valence-corrected chi connectivity index (χ2v) is 7.85. The molecule has 4 rings (SSSR count). The lowest BCUT2D eigenvalue weighted by atomic mass is 10.2. The van der Waals surface area contributed by atoms with E-state index in [4.69, 9.17) is 20.8 Å². The average molecular weight is 452 g/mol. The monoisotopic (exact) mass is 451 g/mol. The summed E-state index contributed by atoms with van der Waals surface area (Å²) in [5.41, 5.74) is 5.72. The predicted molar refractivity (Wildman–Crippen MR) is 123 cm³/mol. The standard InChI is InChI=1S/C23H18ClN3O3S/c24-18-11-9-16(10-12-18)14-29-20-7-3-1-5-17(20)13-25-27-22(28)15-31-23-26-19-6-2-4-8-21(19)30-23/h1-13H,14-15H2,(H,27,28)/b25-13+. The second kappa shape index (κ2) is 10.1. The van der Waals surface area contributed by atoms with Crippen molar-refractivity contribution >= 4 is 46.6 Å².